The molecular weight excluding hydrogens is 239 g/mol. The van der Waals surface area contributed by atoms with Crippen LogP contribution in [0.2, 0.25) is 0 Å². The van der Waals surface area contributed by atoms with Crippen molar-refractivity contribution >= 4 is 17.1 Å². The van der Waals surface area contributed by atoms with E-state index in [0.29, 0.717) is 5.69 Å². The maximum absolute atomic E-state index is 12.0. The van der Waals surface area contributed by atoms with E-state index >= 15 is 0 Å². The standard InChI is InChI=1S/C10H12F3NOS/c1-9(2,3)6-5-16-8(14-6)4-7(15)10(11,12)13/h5H,4H2,1-3H3. The van der Waals surface area contributed by atoms with Crippen LogP contribution < -0.4 is 0 Å². The number of ketones is 1. The van der Waals surface area contributed by atoms with Gasteiger partial charge in [0.15, 0.2) is 0 Å². The highest BCUT2D eigenvalue weighted by Crippen LogP contribution is 2.25. The van der Waals surface area contributed by atoms with E-state index in [0.717, 1.165) is 11.3 Å². The maximum Gasteiger partial charge on any atom is 0.450 e. The van der Waals surface area contributed by atoms with Gasteiger partial charge in [0.1, 0.15) is 5.01 Å². The Labute approximate surface area is 95.5 Å². The zero-order valence-electron chi connectivity index (χ0n) is 9.18. The Morgan fingerprint density at radius 1 is 1.38 bits per heavy atom. The van der Waals surface area contributed by atoms with Crippen LogP contribution in [-0.4, -0.2) is 16.9 Å². The van der Waals surface area contributed by atoms with E-state index in [1.54, 1.807) is 5.38 Å². The van der Waals surface area contributed by atoms with Crippen molar-refractivity contribution in [1.82, 2.24) is 4.98 Å². The number of nitrogens with zero attached hydrogens (tertiary/aromatic N) is 1. The van der Waals surface area contributed by atoms with E-state index in [1.807, 2.05) is 20.8 Å². The number of thiazole rings is 1. The Hall–Kier alpha value is -0.910. The minimum atomic E-state index is -4.77. The third kappa shape index (κ3) is 3.30. The minimum Gasteiger partial charge on any atom is -0.289 e. The van der Waals surface area contributed by atoms with Gasteiger partial charge in [0.2, 0.25) is 5.78 Å². The van der Waals surface area contributed by atoms with E-state index in [-0.39, 0.29) is 10.4 Å². The first-order valence-corrected chi connectivity index (χ1v) is 5.53. The van der Waals surface area contributed by atoms with Crippen LogP contribution in [-0.2, 0) is 16.6 Å². The molecule has 0 saturated carbocycles. The van der Waals surface area contributed by atoms with Crippen LogP contribution in [0.1, 0.15) is 31.5 Å². The normalized spacial score (nSPS) is 12.9. The first-order chi connectivity index (χ1) is 7.10. The van der Waals surface area contributed by atoms with Crippen molar-refractivity contribution in [2.75, 3.05) is 0 Å². The van der Waals surface area contributed by atoms with Crippen LogP contribution in [0.5, 0.6) is 0 Å². The second-order valence-electron chi connectivity index (χ2n) is 4.47. The third-order valence-electron chi connectivity index (χ3n) is 1.95. The number of halogens is 3. The van der Waals surface area contributed by atoms with Gasteiger partial charge >= 0.3 is 6.18 Å². The SMILES string of the molecule is CC(C)(C)c1csc(CC(=O)C(F)(F)F)n1. The average molecular weight is 251 g/mol. The van der Waals surface area contributed by atoms with Gasteiger partial charge in [-0.2, -0.15) is 13.2 Å². The predicted molar refractivity (Wildman–Crippen MR) is 55.6 cm³/mol. The molecule has 0 aliphatic heterocycles. The van der Waals surface area contributed by atoms with Crippen LogP contribution in [0.4, 0.5) is 13.2 Å². The van der Waals surface area contributed by atoms with Gasteiger partial charge in [-0.3, -0.25) is 4.79 Å². The monoisotopic (exact) mass is 251 g/mol. The summed E-state index contributed by atoms with van der Waals surface area (Å²) in [6.45, 7) is 5.74. The molecule has 0 atom stereocenters. The fourth-order valence-corrected chi connectivity index (χ4v) is 1.99. The van der Waals surface area contributed by atoms with E-state index in [2.05, 4.69) is 4.98 Å². The van der Waals surface area contributed by atoms with Crippen molar-refractivity contribution in [1.29, 1.82) is 0 Å². The third-order valence-corrected chi connectivity index (χ3v) is 2.80. The molecule has 0 fully saturated rings. The molecule has 90 valence electrons. The van der Waals surface area contributed by atoms with Crippen molar-refractivity contribution in [3.63, 3.8) is 0 Å². The molecule has 0 aromatic carbocycles. The molecule has 0 aliphatic rings. The molecule has 0 aliphatic carbocycles. The number of alkyl halides is 3. The number of carbonyl (C=O) groups is 1. The maximum atomic E-state index is 12.0. The molecule has 1 aromatic rings. The lowest BCUT2D eigenvalue weighted by molar-refractivity contribution is -0.170. The predicted octanol–water partition coefficient (Wildman–Crippen LogP) is 3.11. The van der Waals surface area contributed by atoms with Crippen LogP contribution in [0.15, 0.2) is 5.38 Å². The second kappa shape index (κ2) is 4.16. The summed E-state index contributed by atoms with van der Waals surface area (Å²) in [4.78, 5) is 14.8. The molecule has 1 heterocycles. The van der Waals surface area contributed by atoms with Gasteiger partial charge in [0, 0.05) is 10.8 Å². The quantitative estimate of drug-likeness (QED) is 0.808. The van der Waals surface area contributed by atoms with Crippen molar-refractivity contribution in [2.45, 2.75) is 38.8 Å². The molecule has 0 N–H and O–H groups in total. The lowest BCUT2D eigenvalue weighted by Gasteiger charge is -2.14. The molecule has 0 unspecified atom stereocenters. The molecule has 0 amide bonds. The van der Waals surface area contributed by atoms with Gasteiger partial charge in [0.05, 0.1) is 12.1 Å². The number of hydrogen-bond donors (Lipinski definition) is 0. The number of rotatable bonds is 2. The smallest absolute Gasteiger partial charge is 0.289 e. The number of carbonyl (C=O) groups excluding carboxylic acids is 1. The van der Waals surface area contributed by atoms with Crippen LogP contribution in [0.25, 0.3) is 0 Å². The Bertz CT molecular complexity index is 390. The summed E-state index contributed by atoms with van der Waals surface area (Å²) in [5.41, 5.74) is 0.498. The van der Waals surface area contributed by atoms with Gasteiger partial charge in [-0.05, 0) is 0 Å². The van der Waals surface area contributed by atoms with Crippen molar-refractivity contribution in [3.05, 3.63) is 16.1 Å². The highest BCUT2D eigenvalue weighted by atomic mass is 32.1. The highest BCUT2D eigenvalue weighted by molar-refractivity contribution is 7.09. The summed E-state index contributed by atoms with van der Waals surface area (Å²) in [6.07, 6.45) is -5.43. The molecule has 1 rings (SSSR count). The number of hydrogen-bond acceptors (Lipinski definition) is 3. The van der Waals surface area contributed by atoms with Gasteiger partial charge in [-0.1, -0.05) is 20.8 Å². The summed E-state index contributed by atoms with van der Waals surface area (Å²) < 4.78 is 36.0. The van der Waals surface area contributed by atoms with Gasteiger partial charge in [0.25, 0.3) is 0 Å². The molecule has 6 heteroatoms. The molecule has 0 saturated heterocycles. The lowest BCUT2D eigenvalue weighted by atomic mass is 9.93. The van der Waals surface area contributed by atoms with Crippen molar-refractivity contribution < 1.29 is 18.0 Å². The summed E-state index contributed by atoms with van der Waals surface area (Å²) in [6, 6.07) is 0. The fourth-order valence-electron chi connectivity index (χ4n) is 0.974. The summed E-state index contributed by atoms with van der Waals surface area (Å²) in [7, 11) is 0. The van der Waals surface area contributed by atoms with E-state index in [9.17, 15) is 18.0 Å². The number of Topliss-reactive ketones (excluding diaryl/α,β-unsaturated/α-hetero) is 1. The topological polar surface area (TPSA) is 30.0 Å². The lowest BCUT2D eigenvalue weighted by Crippen LogP contribution is -2.24. The molecule has 0 radical (unpaired) electrons. The minimum absolute atomic E-state index is 0.212. The summed E-state index contributed by atoms with van der Waals surface area (Å²) in [5, 5.41) is 1.91. The Morgan fingerprint density at radius 3 is 2.31 bits per heavy atom. The fraction of sp³-hybridized carbons (Fsp3) is 0.600. The van der Waals surface area contributed by atoms with Gasteiger partial charge < -0.3 is 0 Å². The molecule has 16 heavy (non-hydrogen) atoms. The van der Waals surface area contributed by atoms with Crippen molar-refractivity contribution in [3.8, 4) is 0 Å². The molecular formula is C10H12F3NOS. The van der Waals surface area contributed by atoms with Crippen LogP contribution in [0, 0.1) is 0 Å². The second-order valence-corrected chi connectivity index (χ2v) is 5.42. The Morgan fingerprint density at radius 2 is 1.94 bits per heavy atom. The summed E-state index contributed by atoms with van der Waals surface area (Å²) >= 11 is 1.09. The first-order valence-electron chi connectivity index (χ1n) is 4.65. The highest BCUT2D eigenvalue weighted by Gasteiger charge is 2.38. The van der Waals surface area contributed by atoms with Crippen LogP contribution >= 0.6 is 11.3 Å². The molecule has 1 aromatic heterocycles. The van der Waals surface area contributed by atoms with E-state index in [4.69, 9.17) is 0 Å². The Balaban J connectivity index is 2.78. The van der Waals surface area contributed by atoms with Gasteiger partial charge in [-0.25, -0.2) is 4.98 Å². The Kier molecular flexibility index (Phi) is 3.42. The molecule has 0 spiro atoms. The zero-order valence-corrected chi connectivity index (χ0v) is 10.00. The van der Waals surface area contributed by atoms with E-state index in [1.165, 1.54) is 0 Å². The van der Waals surface area contributed by atoms with Crippen LogP contribution in [0.3, 0.4) is 0 Å². The molecule has 2 nitrogen and oxygen atoms in total. The van der Waals surface area contributed by atoms with E-state index < -0.39 is 18.4 Å². The largest absolute Gasteiger partial charge is 0.450 e. The molecule has 0 bridgehead atoms. The number of aromatic nitrogens is 1. The first kappa shape index (κ1) is 13.2. The average Bonchev–Trinajstić information content (AvgIpc) is 2.49. The zero-order chi connectivity index (χ0) is 12.6. The van der Waals surface area contributed by atoms with Gasteiger partial charge in [-0.15, -0.1) is 11.3 Å². The van der Waals surface area contributed by atoms with Crippen molar-refractivity contribution in [2.24, 2.45) is 0 Å². The summed E-state index contributed by atoms with van der Waals surface area (Å²) in [5.74, 6) is -1.75.